The first-order valence-electron chi connectivity index (χ1n) is 9.55. The van der Waals surface area contributed by atoms with E-state index in [0.29, 0.717) is 12.0 Å². The van der Waals surface area contributed by atoms with Crippen molar-refractivity contribution in [3.05, 3.63) is 47.5 Å². The summed E-state index contributed by atoms with van der Waals surface area (Å²) in [6, 6.07) is 11.3. The van der Waals surface area contributed by atoms with Gasteiger partial charge in [0.2, 0.25) is 5.91 Å². The molecule has 1 saturated carbocycles. The van der Waals surface area contributed by atoms with Crippen molar-refractivity contribution in [2.45, 2.75) is 53.1 Å². The number of nitrogens with one attached hydrogen (secondary N) is 1. The Morgan fingerprint density at radius 1 is 1.28 bits per heavy atom. The summed E-state index contributed by atoms with van der Waals surface area (Å²) in [6.07, 6.45) is 3.31. The number of hydrogen-bond acceptors (Lipinski definition) is 2. The second-order valence-corrected chi connectivity index (χ2v) is 8.64. The molecule has 1 aliphatic heterocycles. The van der Waals surface area contributed by atoms with Gasteiger partial charge in [0.05, 0.1) is 5.92 Å². The summed E-state index contributed by atoms with van der Waals surface area (Å²) in [7, 11) is 0. The molecule has 1 aromatic rings. The number of likely N-dealkylation sites (tertiary alicyclic amines) is 1. The highest BCUT2D eigenvalue weighted by molar-refractivity contribution is 5.84. The highest BCUT2D eigenvalue weighted by Gasteiger charge is 2.60. The molecule has 1 N–H and O–H groups in total. The van der Waals surface area contributed by atoms with Crippen molar-refractivity contribution in [1.29, 1.82) is 0 Å². The maximum atomic E-state index is 12.8. The van der Waals surface area contributed by atoms with Crippen LogP contribution in [0.2, 0.25) is 0 Å². The Morgan fingerprint density at radius 3 is 2.60 bits per heavy atom. The summed E-state index contributed by atoms with van der Waals surface area (Å²) >= 11 is 0. The Hall–Kier alpha value is -1.61. The minimum atomic E-state index is 0.0942. The van der Waals surface area contributed by atoms with E-state index in [0.717, 1.165) is 19.5 Å². The Labute approximate surface area is 152 Å². The van der Waals surface area contributed by atoms with Crippen LogP contribution in [0.25, 0.3) is 0 Å². The molecular weight excluding hydrogens is 308 g/mol. The SMILES string of the molecule is CC(C)=C[C@@H]1[C@H](C(=O)N[C@@H]2CCN([C@H](C)c3ccccc3)C2)C1(C)C. The molecule has 1 saturated heterocycles. The van der Waals surface area contributed by atoms with E-state index in [9.17, 15) is 4.79 Å². The summed E-state index contributed by atoms with van der Waals surface area (Å²) < 4.78 is 0. The molecule has 1 aliphatic carbocycles. The van der Waals surface area contributed by atoms with Gasteiger partial charge in [0, 0.05) is 25.2 Å². The fourth-order valence-electron chi connectivity index (χ4n) is 4.34. The maximum absolute atomic E-state index is 12.8. The van der Waals surface area contributed by atoms with Gasteiger partial charge in [-0.3, -0.25) is 9.69 Å². The molecule has 0 bridgehead atoms. The Morgan fingerprint density at radius 2 is 1.96 bits per heavy atom. The average Bonchev–Trinajstić information content (AvgIpc) is 2.90. The predicted molar refractivity (Wildman–Crippen MR) is 103 cm³/mol. The third-order valence-corrected chi connectivity index (χ3v) is 6.10. The molecule has 1 heterocycles. The molecule has 25 heavy (non-hydrogen) atoms. The number of carbonyl (C=O) groups excluding carboxylic acids is 1. The molecule has 2 fully saturated rings. The fraction of sp³-hybridized carbons (Fsp3) is 0.591. The van der Waals surface area contributed by atoms with Crippen LogP contribution in [0.1, 0.15) is 52.6 Å². The number of benzene rings is 1. The molecule has 4 atom stereocenters. The molecule has 3 nitrogen and oxygen atoms in total. The molecule has 3 heteroatoms. The summed E-state index contributed by atoms with van der Waals surface area (Å²) in [5.74, 6) is 0.757. The monoisotopic (exact) mass is 340 g/mol. The van der Waals surface area contributed by atoms with E-state index in [1.165, 1.54) is 11.1 Å². The van der Waals surface area contributed by atoms with Gasteiger partial charge in [-0.1, -0.05) is 55.8 Å². The van der Waals surface area contributed by atoms with Crippen LogP contribution in [0.15, 0.2) is 42.0 Å². The number of carbonyl (C=O) groups is 1. The van der Waals surface area contributed by atoms with Gasteiger partial charge < -0.3 is 5.32 Å². The number of rotatable bonds is 5. The number of amides is 1. The molecule has 0 aromatic heterocycles. The first-order chi connectivity index (χ1) is 11.8. The smallest absolute Gasteiger partial charge is 0.224 e. The van der Waals surface area contributed by atoms with Crippen LogP contribution in [0.5, 0.6) is 0 Å². The van der Waals surface area contributed by atoms with Gasteiger partial charge in [-0.2, -0.15) is 0 Å². The van der Waals surface area contributed by atoms with Gasteiger partial charge in [-0.15, -0.1) is 0 Å². The van der Waals surface area contributed by atoms with Crippen LogP contribution >= 0.6 is 0 Å². The van der Waals surface area contributed by atoms with Crippen LogP contribution in [-0.2, 0) is 4.79 Å². The molecule has 0 radical (unpaired) electrons. The molecular formula is C22H32N2O. The molecule has 1 aromatic carbocycles. The lowest BCUT2D eigenvalue weighted by Crippen LogP contribution is -2.39. The highest BCUT2D eigenvalue weighted by Crippen LogP contribution is 2.59. The normalized spacial score (nSPS) is 29.1. The summed E-state index contributed by atoms with van der Waals surface area (Å²) in [5, 5.41) is 3.33. The van der Waals surface area contributed by atoms with E-state index in [-0.39, 0.29) is 23.3 Å². The van der Waals surface area contributed by atoms with Crippen LogP contribution < -0.4 is 5.32 Å². The zero-order valence-corrected chi connectivity index (χ0v) is 16.3. The summed E-state index contributed by atoms with van der Waals surface area (Å²) in [4.78, 5) is 15.2. The van der Waals surface area contributed by atoms with E-state index in [1.807, 2.05) is 0 Å². The number of nitrogens with zero attached hydrogens (tertiary/aromatic N) is 1. The Balaban J connectivity index is 1.55. The van der Waals surface area contributed by atoms with Crippen LogP contribution in [0.3, 0.4) is 0 Å². The minimum absolute atomic E-state index is 0.0942. The third kappa shape index (κ3) is 3.82. The topological polar surface area (TPSA) is 32.3 Å². The van der Waals surface area contributed by atoms with Crippen molar-refractivity contribution in [2.75, 3.05) is 13.1 Å². The van der Waals surface area contributed by atoms with E-state index < -0.39 is 0 Å². The first kappa shape index (κ1) is 18.2. The molecule has 136 valence electrons. The van der Waals surface area contributed by atoms with Crippen LogP contribution in [0.4, 0.5) is 0 Å². The zero-order valence-electron chi connectivity index (χ0n) is 16.3. The largest absolute Gasteiger partial charge is 0.352 e. The molecule has 2 aliphatic rings. The maximum Gasteiger partial charge on any atom is 0.224 e. The van der Waals surface area contributed by atoms with E-state index in [2.05, 4.69) is 81.2 Å². The molecule has 1 amide bonds. The zero-order chi connectivity index (χ0) is 18.2. The Kier molecular flexibility index (Phi) is 5.06. The number of allylic oxidation sites excluding steroid dienone is 2. The number of hydrogen-bond donors (Lipinski definition) is 1. The molecule has 3 rings (SSSR count). The van der Waals surface area contributed by atoms with Crippen molar-refractivity contribution in [3.8, 4) is 0 Å². The lowest BCUT2D eigenvalue weighted by molar-refractivity contribution is -0.123. The average molecular weight is 341 g/mol. The summed E-state index contributed by atoms with van der Waals surface area (Å²) in [6.45, 7) is 12.9. The lowest BCUT2D eigenvalue weighted by atomic mass is 10.1. The predicted octanol–water partition coefficient (Wildman–Crippen LogP) is 4.18. The van der Waals surface area contributed by atoms with Gasteiger partial charge in [0.25, 0.3) is 0 Å². The second kappa shape index (κ2) is 6.95. The standard InChI is InChI=1S/C22H32N2O/c1-15(2)13-19-20(22(19,4)5)21(25)23-18-11-12-24(14-18)16(3)17-9-7-6-8-10-17/h6-10,13,16,18-20H,11-12,14H2,1-5H3,(H,23,25)/t16-,18-,19-,20-/m1/s1. The quantitative estimate of drug-likeness (QED) is 0.816. The van der Waals surface area contributed by atoms with Gasteiger partial charge >= 0.3 is 0 Å². The third-order valence-electron chi connectivity index (χ3n) is 6.10. The lowest BCUT2D eigenvalue weighted by Gasteiger charge is -2.25. The van der Waals surface area contributed by atoms with E-state index in [4.69, 9.17) is 0 Å². The van der Waals surface area contributed by atoms with Crippen molar-refractivity contribution in [2.24, 2.45) is 17.3 Å². The van der Waals surface area contributed by atoms with Crippen molar-refractivity contribution in [3.63, 3.8) is 0 Å². The van der Waals surface area contributed by atoms with Crippen molar-refractivity contribution >= 4 is 5.91 Å². The van der Waals surface area contributed by atoms with Gasteiger partial charge in [-0.05, 0) is 44.1 Å². The first-order valence-corrected chi connectivity index (χ1v) is 9.55. The second-order valence-electron chi connectivity index (χ2n) is 8.64. The minimum Gasteiger partial charge on any atom is -0.352 e. The Bertz CT molecular complexity index is 645. The summed E-state index contributed by atoms with van der Waals surface area (Å²) in [5.41, 5.74) is 2.75. The van der Waals surface area contributed by atoms with Crippen LogP contribution in [-0.4, -0.2) is 29.9 Å². The highest BCUT2D eigenvalue weighted by atomic mass is 16.2. The van der Waals surface area contributed by atoms with Crippen molar-refractivity contribution < 1.29 is 4.79 Å². The molecule has 0 spiro atoms. The fourth-order valence-corrected chi connectivity index (χ4v) is 4.34. The van der Waals surface area contributed by atoms with Gasteiger partial charge in [0.15, 0.2) is 0 Å². The van der Waals surface area contributed by atoms with Crippen molar-refractivity contribution in [1.82, 2.24) is 10.2 Å². The van der Waals surface area contributed by atoms with Gasteiger partial charge in [0.1, 0.15) is 0 Å². The van der Waals surface area contributed by atoms with Gasteiger partial charge in [-0.25, -0.2) is 0 Å². The van der Waals surface area contributed by atoms with E-state index >= 15 is 0 Å². The van der Waals surface area contributed by atoms with E-state index in [1.54, 1.807) is 0 Å². The molecule has 0 unspecified atom stereocenters. The van der Waals surface area contributed by atoms with Crippen LogP contribution in [0, 0.1) is 17.3 Å².